The Morgan fingerprint density at radius 2 is 2.27 bits per heavy atom. The number of aromatic nitrogens is 1. The van der Waals surface area contributed by atoms with Crippen molar-refractivity contribution in [3.05, 3.63) is 62.6 Å². The Bertz CT molecular complexity index is 883. The van der Waals surface area contributed by atoms with E-state index in [9.17, 15) is 9.18 Å². The van der Waals surface area contributed by atoms with Gasteiger partial charge < -0.3 is 14.8 Å². The zero-order valence-electron chi connectivity index (χ0n) is 14.0. The predicted octanol–water partition coefficient (Wildman–Crippen LogP) is 4.43. The summed E-state index contributed by atoms with van der Waals surface area (Å²) in [6.07, 6.45) is -0.848. The fraction of sp³-hybridized carbons (Fsp3) is 0.235. The summed E-state index contributed by atoms with van der Waals surface area (Å²) in [5.41, 5.74) is 3.39. The van der Waals surface area contributed by atoms with Crippen molar-refractivity contribution in [2.45, 2.75) is 19.9 Å². The number of hydrogen-bond acceptors (Lipinski definition) is 7. The van der Waals surface area contributed by atoms with E-state index >= 15 is 0 Å². The van der Waals surface area contributed by atoms with Crippen molar-refractivity contribution in [3.8, 4) is 0 Å². The van der Waals surface area contributed by atoms with Crippen LogP contribution >= 0.6 is 22.9 Å². The summed E-state index contributed by atoms with van der Waals surface area (Å²) >= 11 is 7.63. The van der Waals surface area contributed by atoms with Crippen molar-refractivity contribution in [2.75, 3.05) is 6.61 Å². The number of amidine groups is 1. The number of aliphatic imine (C=N–C) groups is 1. The molecule has 1 aromatic carbocycles. The molecule has 0 fully saturated rings. The summed E-state index contributed by atoms with van der Waals surface area (Å²) in [7, 11) is 0. The van der Waals surface area contributed by atoms with Gasteiger partial charge >= 0.3 is 6.16 Å². The van der Waals surface area contributed by atoms with E-state index in [2.05, 4.69) is 15.3 Å². The zero-order chi connectivity index (χ0) is 18.7. The summed E-state index contributed by atoms with van der Waals surface area (Å²) in [6.45, 7) is 3.59. The van der Waals surface area contributed by atoms with Crippen molar-refractivity contribution in [2.24, 2.45) is 4.99 Å². The summed E-state index contributed by atoms with van der Waals surface area (Å²) in [5, 5.41) is 5.08. The summed E-state index contributed by atoms with van der Waals surface area (Å²) in [4.78, 5) is 20.6. The first-order valence-electron chi connectivity index (χ1n) is 7.73. The van der Waals surface area contributed by atoms with Gasteiger partial charge in [-0.25, -0.2) is 19.2 Å². The number of hydrogen-bond donors (Lipinski definition) is 1. The SMILES string of the molecule is CCOC(=O)OC1=C(C)NC(c2cscn2)=NC1c1ccc(F)cc1Cl. The lowest BCUT2D eigenvalue weighted by Crippen LogP contribution is -2.31. The van der Waals surface area contributed by atoms with Gasteiger partial charge in [-0.05, 0) is 26.0 Å². The molecule has 9 heteroatoms. The number of carbonyl (C=O) groups excluding carboxylic acids is 1. The molecular formula is C17H15ClFN3O3S. The zero-order valence-corrected chi connectivity index (χ0v) is 15.5. The van der Waals surface area contributed by atoms with Crippen LogP contribution in [0.1, 0.15) is 31.1 Å². The predicted molar refractivity (Wildman–Crippen MR) is 96.7 cm³/mol. The van der Waals surface area contributed by atoms with E-state index in [1.54, 1.807) is 19.4 Å². The molecule has 0 spiro atoms. The number of benzene rings is 1. The lowest BCUT2D eigenvalue weighted by molar-refractivity contribution is 0.0763. The van der Waals surface area contributed by atoms with E-state index < -0.39 is 18.0 Å². The minimum Gasteiger partial charge on any atom is -0.434 e. The van der Waals surface area contributed by atoms with Crippen LogP contribution in [0.3, 0.4) is 0 Å². The van der Waals surface area contributed by atoms with Gasteiger partial charge in [0, 0.05) is 16.0 Å². The van der Waals surface area contributed by atoms with Gasteiger partial charge in [0.1, 0.15) is 17.6 Å². The van der Waals surface area contributed by atoms with E-state index in [-0.39, 0.29) is 17.4 Å². The number of rotatable bonds is 4. The van der Waals surface area contributed by atoms with Gasteiger partial charge in [0.2, 0.25) is 0 Å². The highest BCUT2D eigenvalue weighted by Gasteiger charge is 2.30. The highest BCUT2D eigenvalue weighted by Crippen LogP contribution is 2.36. The maximum atomic E-state index is 13.4. The third-order valence-corrected chi connectivity index (χ3v) is 4.48. The average molecular weight is 396 g/mol. The number of ether oxygens (including phenoxy) is 2. The van der Waals surface area contributed by atoms with Crippen molar-refractivity contribution in [1.82, 2.24) is 10.3 Å². The Morgan fingerprint density at radius 1 is 1.46 bits per heavy atom. The smallest absolute Gasteiger partial charge is 0.434 e. The molecule has 1 atom stereocenters. The topological polar surface area (TPSA) is 72.8 Å². The van der Waals surface area contributed by atoms with E-state index in [4.69, 9.17) is 21.1 Å². The second kappa shape index (κ2) is 7.84. The molecule has 136 valence electrons. The molecular weight excluding hydrogens is 381 g/mol. The average Bonchev–Trinajstić information content (AvgIpc) is 3.11. The standard InChI is InChI=1S/C17H15ClFN3O3S/c1-3-24-17(23)25-15-9(2)21-16(13-7-26-8-20-13)22-14(15)11-5-4-10(19)6-12(11)18/h4-8,14H,3H2,1-2H3,(H,21,22). The van der Waals surface area contributed by atoms with Crippen LogP contribution in [-0.4, -0.2) is 23.6 Å². The highest BCUT2D eigenvalue weighted by molar-refractivity contribution is 7.07. The van der Waals surface area contributed by atoms with Crippen molar-refractivity contribution >= 4 is 34.9 Å². The van der Waals surface area contributed by atoms with E-state index in [1.165, 1.54) is 29.5 Å². The fourth-order valence-electron chi connectivity index (χ4n) is 2.43. The minimum atomic E-state index is -0.848. The van der Waals surface area contributed by atoms with E-state index in [0.717, 1.165) is 0 Å². The van der Waals surface area contributed by atoms with Crippen LogP contribution in [0.2, 0.25) is 5.02 Å². The molecule has 1 aliphatic rings. The molecule has 26 heavy (non-hydrogen) atoms. The molecule has 0 bridgehead atoms. The summed E-state index contributed by atoms with van der Waals surface area (Å²) < 4.78 is 23.6. The monoisotopic (exact) mass is 395 g/mol. The molecule has 1 aliphatic heterocycles. The Labute approximate surface area is 158 Å². The Kier molecular flexibility index (Phi) is 5.53. The van der Waals surface area contributed by atoms with Gasteiger partial charge in [0.25, 0.3) is 0 Å². The number of halogens is 2. The van der Waals surface area contributed by atoms with Crippen LogP contribution in [0.5, 0.6) is 0 Å². The van der Waals surface area contributed by atoms with Crippen molar-refractivity contribution < 1.29 is 18.7 Å². The van der Waals surface area contributed by atoms with Gasteiger partial charge in [-0.1, -0.05) is 17.7 Å². The number of nitrogens with zero attached hydrogens (tertiary/aromatic N) is 2. The summed E-state index contributed by atoms with van der Waals surface area (Å²) in [5.74, 6) is 0.270. The Hall–Kier alpha value is -2.45. The third-order valence-electron chi connectivity index (χ3n) is 3.57. The first-order chi connectivity index (χ1) is 12.5. The number of thiazole rings is 1. The van der Waals surface area contributed by atoms with Crippen LogP contribution in [0.4, 0.5) is 9.18 Å². The molecule has 1 aromatic heterocycles. The molecule has 1 N–H and O–H groups in total. The maximum absolute atomic E-state index is 13.4. The van der Waals surface area contributed by atoms with Gasteiger partial charge in [-0.15, -0.1) is 11.3 Å². The minimum absolute atomic E-state index is 0.175. The number of carbonyl (C=O) groups is 1. The normalized spacial score (nSPS) is 16.8. The largest absolute Gasteiger partial charge is 0.513 e. The Balaban J connectivity index is 2.04. The highest BCUT2D eigenvalue weighted by atomic mass is 35.5. The van der Waals surface area contributed by atoms with Gasteiger partial charge in [0.05, 0.1) is 17.8 Å². The molecule has 2 aromatic rings. The molecule has 0 aliphatic carbocycles. The molecule has 6 nitrogen and oxygen atoms in total. The first kappa shape index (κ1) is 18.3. The van der Waals surface area contributed by atoms with Crippen LogP contribution in [0, 0.1) is 5.82 Å². The first-order valence-corrected chi connectivity index (χ1v) is 9.05. The van der Waals surface area contributed by atoms with Crippen molar-refractivity contribution in [1.29, 1.82) is 0 Å². The number of nitrogens with one attached hydrogen (secondary N) is 1. The fourth-order valence-corrected chi connectivity index (χ4v) is 3.23. The molecule has 0 amide bonds. The van der Waals surface area contributed by atoms with Crippen LogP contribution in [-0.2, 0) is 9.47 Å². The lowest BCUT2D eigenvalue weighted by atomic mass is 10.0. The van der Waals surface area contributed by atoms with E-state index in [1.807, 2.05) is 5.38 Å². The molecule has 0 saturated carbocycles. The second-order valence-corrected chi connectivity index (χ2v) is 6.44. The maximum Gasteiger partial charge on any atom is 0.513 e. The van der Waals surface area contributed by atoms with Crippen LogP contribution in [0.15, 0.2) is 45.5 Å². The molecule has 3 rings (SSSR count). The molecule has 1 unspecified atom stereocenters. The molecule has 2 heterocycles. The summed E-state index contributed by atoms with van der Waals surface area (Å²) in [6, 6.07) is 3.23. The van der Waals surface area contributed by atoms with E-state index in [0.29, 0.717) is 22.8 Å². The Morgan fingerprint density at radius 3 is 2.92 bits per heavy atom. The van der Waals surface area contributed by atoms with Crippen molar-refractivity contribution in [3.63, 3.8) is 0 Å². The molecule has 0 radical (unpaired) electrons. The van der Waals surface area contributed by atoms with Crippen LogP contribution < -0.4 is 5.32 Å². The lowest BCUT2D eigenvalue weighted by Gasteiger charge is -2.26. The van der Waals surface area contributed by atoms with Gasteiger partial charge in [-0.2, -0.15) is 0 Å². The third kappa shape index (κ3) is 3.86. The van der Waals surface area contributed by atoms with Gasteiger partial charge in [-0.3, -0.25) is 0 Å². The molecule has 0 saturated heterocycles. The van der Waals surface area contributed by atoms with Crippen LogP contribution in [0.25, 0.3) is 0 Å². The van der Waals surface area contributed by atoms with Gasteiger partial charge in [0.15, 0.2) is 11.6 Å². The second-order valence-electron chi connectivity index (χ2n) is 5.32. The number of allylic oxidation sites excluding steroid dienone is 1. The quantitative estimate of drug-likeness (QED) is 0.775.